The first-order valence-corrected chi connectivity index (χ1v) is 5.71. The number of aromatic nitrogens is 1. The SMILES string of the molecule is Cc1cc(C(=O)O)cc(Oc2c(F)cccc2[N+](=O)[O-])n1. The standard InChI is InChI=1S/C13H9FN2O5/c1-7-5-8(13(17)18)6-11(15-7)21-12-9(14)3-2-4-10(12)16(19)20/h2-6H,1H3,(H,17,18). The van der Waals surface area contributed by atoms with Crippen LogP contribution in [0.5, 0.6) is 11.6 Å². The number of aromatic carboxylic acids is 1. The van der Waals surface area contributed by atoms with Crippen LogP contribution in [0.4, 0.5) is 10.1 Å². The monoisotopic (exact) mass is 292 g/mol. The van der Waals surface area contributed by atoms with Crippen molar-refractivity contribution in [3.8, 4) is 11.6 Å². The first kappa shape index (κ1) is 14.4. The number of halogens is 1. The van der Waals surface area contributed by atoms with Crippen LogP contribution in [-0.4, -0.2) is 21.0 Å². The lowest BCUT2D eigenvalue weighted by atomic mass is 10.2. The van der Waals surface area contributed by atoms with E-state index in [0.29, 0.717) is 5.69 Å². The molecule has 8 heteroatoms. The number of para-hydroxylation sites is 1. The van der Waals surface area contributed by atoms with Gasteiger partial charge in [0, 0.05) is 17.8 Å². The van der Waals surface area contributed by atoms with E-state index in [4.69, 9.17) is 9.84 Å². The summed E-state index contributed by atoms with van der Waals surface area (Å²) >= 11 is 0. The molecule has 21 heavy (non-hydrogen) atoms. The van der Waals surface area contributed by atoms with Gasteiger partial charge in [-0.1, -0.05) is 6.07 Å². The fourth-order valence-corrected chi connectivity index (χ4v) is 1.66. The molecule has 1 aromatic carbocycles. The van der Waals surface area contributed by atoms with E-state index >= 15 is 0 Å². The molecule has 108 valence electrons. The summed E-state index contributed by atoms with van der Waals surface area (Å²) in [4.78, 5) is 24.9. The highest BCUT2D eigenvalue weighted by atomic mass is 19.1. The van der Waals surface area contributed by atoms with Gasteiger partial charge in [0.1, 0.15) is 0 Å². The quantitative estimate of drug-likeness (QED) is 0.686. The fraction of sp³-hybridized carbons (Fsp3) is 0.0769. The summed E-state index contributed by atoms with van der Waals surface area (Å²) in [5.74, 6) is -3.00. The van der Waals surface area contributed by atoms with E-state index in [1.807, 2.05) is 0 Å². The number of pyridine rings is 1. The Balaban J connectivity index is 2.48. The van der Waals surface area contributed by atoms with Gasteiger partial charge in [-0.25, -0.2) is 14.2 Å². The van der Waals surface area contributed by atoms with Crippen LogP contribution in [0.25, 0.3) is 0 Å². The first-order chi connectivity index (χ1) is 9.88. The second kappa shape index (κ2) is 5.53. The molecule has 0 atom stereocenters. The Morgan fingerprint density at radius 1 is 1.43 bits per heavy atom. The number of nitrogens with zero attached hydrogens (tertiary/aromatic N) is 2. The summed E-state index contributed by atoms with van der Waals surface area (Å²) < 4.78 is 18.8. The van der Waals surface area contributed by atoms with Crippen LogP contribution in [-0.2, 0) is 0 Å². The van der Waals surface area contributed by atoms with Gasteiger partial charge in [-0.15, -0.1) is 0 Å². The van der Waals surface area contributed by atoms with Crippen molar-refractivity contribution < 1.29 is 24.0 Å². The van der Waals surface area contributed by atoms with Gasteiger partial charge in [0.15, 0.2) is 5.82 Å². The molecule has 0 saturated heterocycles. The second-order valence-electron chi connectivity index (χ2n) is 4.09. The number of carboxylic acids is 1. The van der Waals surface area contributed by atoms with Gasteiger partial charge in [0.2, 0.25) is 11.6 Å². The summed E-state index contributed by atoms with van der Waals surface area (Å²) in [7, 11) is 0. The Bertz CT molecular complexity index is 732. The average Bonchev–Trinajstić information content (AvgIpc) is 2.40. The highest BCUT2D eigenvalue weighted by Crippen LogP contribution is 2.33. The normalized spacial score (nSPS) is 10.2. The summed E-state index contributed by atoms with van der Waals surface area (Å²) in [6, 6.07) is 5.60. The van der Waals surface area contributed by atoms with Gasteiger partial charge >= 0.3 is 11.7 Å². The number of hydrogen-bond acceptors (Lipinski definition) is 5. The maximum Gasteiger partial charge on any atom is 0.335 e. The van der Waals surface area contributed by atoms with Crippen molar-refractivity contribution in [3.05, 3.63) is 57.5 Å². The van der Waals surface area contributed by atoms with E-state index in [1.165, 1.54) is 19.1 Å². The maximum absolute atomic E-state index is 13.7. The molecule has 0 bridgehead atoms. The minimum atomic E-state index is -1.21. The lowest BCUT2D eigenvalue weighted by molar-refractivity contribution is -0.385. The number of carbonyl (C=O) groups is 1. The second-order valence-corrected chi connectivity index (χ2v) is 4.09. The molecule has 0 unspecified atom stereocenters. The minimum Gasteiger partial charge on any atom is -0.478 e. The molecule has 0 aliphatic rings. The Morgan fingerprint density at radius 3 is 2.76 bits per heavy atom. The zero-order valence-corrected chi connectivity index (χ0v) is 10.7. The van der Waals surface area contributed by atoms with Crippen molar-refractivity contribution in [1.82, 2.24) is 4.98 Å². The molecular weight excluding hydrogens is 283 g/mol. The zero-order chi connectivity index (χ0) is 15.6. The molecule has 0 aliphatic carbocycles. The number of benzene rings is 1. The van der Waals surface area contributed by atoms with Crippen LogP contribution in [0, 0.1) is 22.9 Å². The van der Waals surface area contributed by atoms with Gasteiger partial charge in [-0.3, -0.25) is 10.1 Å². The van der Waals surface area contributed by atoms with E-state index in [2.05, 4.69) is 4.98 Å². The summed E-state index contributed by atoms with van der Waals surface area (Å²) in [5.41, 5.74) is -0.365. The average molecular weight is 292 g/mol. The predicted octanol–water partition coefficient (Wildman–Crippen LogP) is 2.93. The number of nitro groups is 1. The zero-order valence-electron chi connectivity index (χ0n) is 10.7. The van der Waals surface area contributed by atoms with Crippen LogP contribution < -0.4 is 4.74 Å². The van der Waals surface area contributed by atoms with Gasteiger partial charge in [0.05, 0.1) is 10.5 Å². The Labute approximate surface area is 117 Å². The molecular formula is C13H9FN2O5. The van der Waals surface area contributed by atoms with Gasteiger partial charge in [0.25, 0.3) is 0 Å². The fourth-order valence-electron chi connectivity index (χ4n) is 1.66. The number of nitro benzene ring substituents is 1. The third kappa shape index (κ3) is 3.11. The van der Waals surface area contributed by atoms with E-state index in [-0.39, 0.29) is 11.4 Å². The smallest absolute Gasteiger partial charge is 0.335 e. The molecule has 1 aromatic heterocycles. The number of carboxylic acid groups (broad SMARTS) is 1. The van der Waals surface area contributed by atoms with Gasteiger partial charge < -0.3 is 9.84 Å². The Hall–Kier alpha value is -3.03. The molecule has 0 fully saturated rings. The highest BCUT2D eigenvalue weighted by molar-refractivity contribution is 5.88. The molecule has 0 radical (unpaired) electrons. The number of rotatable bonds is 4. The Kier molecular flexibility index (Phi) is 3.79. The van der Waals surface area contributed by atoms with Crippen molar-refractivity contribution in [3.63, 3.8) is 0 Å². The van der Waals surface area contributed by atoms with Gasteiger partial charge in [-0.05, 0) is 19.1 Å². The third-order valence-corrected chi connectivity index (χ3v) is 2.53. The molecule has 0 spiro atoms. The van der Waals surface area contributed by atoms with E-state index in [1.54, 1.807) is 0 Å². The summed E-state index contributed by atoms with van der Waals surface area (Å²) in [5, 5.41) is 19.8. The molecule has 1 N–H and O–H groups in total. The lowest BCUT2D eigenvalue weighted by Crippen LogP contribution is -2.02. The van der Waals surface area contributed by atoms with Crippen molar-refractivity contribution >= 4 is 11.7 Å². The number of ether oxygens (including phenoxy) is 1. The first-order valence-electron chi connectivity index (χ1n) is 5.71. The lowest BCUT2D eigenvalue weighted by Gasteiger charge is -2.08. The highest BCUT2D eigenvalue weighted by Gasteiger charge is 2.21. The minimum absolute atomic E-state index is 0.114. The van der Waals surface area contributed by atoms with E-state index in [0.717, 1.165) is 18.2 Å². The van der Waals surface area contributed by atoms with Gasteiger partial charge in [-0.2, -0.15) is 0 Å². The van der Waals surface area contributed by atoms with E-state index < -0.39 is 28.1 Å². The Morgan fingerprint density at radius 2 is 2.14 bits per heavy atom. The van der Waals surface area contributed by atoms with Crippen molar-refractivity contribution in [1.29, 1.82) is 0 Å². The topological polar surface area (TPSA) is 103 Å². The van der Waals surface area contributed by atoms with Crippen molar-refractivity contribution in [2.24, 2.45) is 0 Å². The maximum atomic E-state index is 13.7. The van der Waals surface area contributed by atoms with Crippen LogP contribution in [0.1, 0.15) is 16.1 Å². The summed E-state index contributed by atoms with van der Waals surface area (Å²) in [6.45, 7) is 1.52. The van der Waals surface area contributed by atoms with Crippen molar-refractivity contribution in [2.45, 2.75) is 6.92 Å². The van der Waals surface area contributed by atoms with Crippen LogP contribution in [0.15, 0.2) is 30.3 Å². The molecule has 2 aromatic rings. The van der Waals surface area contributed by atoms with Crippen molar-refractivity contribution in [2.75, 3.05) is 0 Å². The molecule has 0 amide bonds. The number of hydrogen-bond donors (Lipinski definition) is 1. The number of aryl methyl sites for hydroxylation is 1. The largest absolute Gasteiger partial charge is 0.478 e. The summed E-state index contributed by atoms with van der Waals surface area (Å²) in [6.07, 6.45) is 0. The predicted molar refractivity (Wildman–Crippen MR) is 69.1 cm³/mol. The molecule has 1 heterocycles. The molecule has 2 rings (SSSR count). The van der Waals surface area contributed by atoms with Crippen LogP contribution in [0.2, 0.25) is 0 Å². The van der Waals surface area contributed by atoms with Crippen LogP contribution in [0.3, 0.4) is 0 Å². The van der Waals surface area contributed by atoms with E-state index in [9.17, 15) is 19.3 Å². The third-order valence-electron chi connectivity index (χ3n) is 2.53. The molecule has 0 saturated carbocycles. The molecule has 7 nitrogen and oxygen atoms in total. The van der Waals surface area contributed by atoms with Crippen LogP contribution >= 0.6 is 0 Å². The molecule has 0 aliphatic heterocycles.